The molecule has 62 valence electrons. The van der Waals surface area contributed by atoms with E-state index in [1.807, 2.05) is 0 Å². The van der Waals surface area contributed by atoms with Gasteiger partial charge in [0.05, 0.1) is 13.2 Å². The predicted octanol–water partition coefficient (Wildman–Crippen LogP) is 2.69. The van der Waals surface area contributed by atoms with Gasteiger partial charge < -0.3 is 4.74 Å². The molecule has 0 unspecified atom stereocenters. The molecule has 0 fully saturated rings. The van der Waals surface area contributed by atoms with Crippen LogP contribution in [0.5, 0.6) is 0 Å². The van der Waals surface area contributed by atoms with Crippen molar-refractivity contribution in [1.82, 2.24) is 0 Å². The number of rotatable bonds is 2. The van der Waals surface area contributed by atoms with Crippen LogP contribution in [-0.2, 0) is 4.74 Å². The molecule has 1 heterocycles. The minimum absolute atomic E-state index is 0.814. The normalized spacial score (nSPS) is 17.4. The van der Waals surface area contributed by atoms with Crippen molar-refractivity contribution in [3.8, 4) is 0 Å². The summed E-state index contributed by atoms with van der Waals surface area (Å²) in [6, 6.07) is 0. The molecule has 0 amide bonds. The van der Waals surface area contributed by atoms with Crippen LogP contribution >= 0.6 is 0 Å². The Morgan fingerprint density at radius 1 is 1.45 bits per heavy atom. The van der Waals surface area contributed by atoms with Gasteiger partial charge in [-0.3, -0.25) is 0 Å². The zero-order valence-electron chi connectivity index (χ0n) is 7.61. The van der Waals surface area contributed by atoms with Crippen LogP contribution in [0.4, 0.5) is 0 Å². The van der Waals surface area contributed by atoms with Gasteiger partial charge in [-0.25, -0.2) is 0 Å². The third-order valence-electron chi connectivity index (χ3n) is 1.88. The summed E-state index contributed by atoms with van der Waals surface area (Å²) < 4.78 is 5.34. The Bertz CT molecular complexity index is 195. The van der Waals surface area contributed by atoms with Crippen LogP contribution in [0.1, 0.15) is 27.2 Å². The molecule has 0 saturated carbocycles. The maximum Gasteiger partial charge on any atom is 0.0721 e. The first-order chi connectivity index (χ1) is 5.24. The Morgan fingerprint density at radius 3 is 2.73 bits per heavy atom. The van der Waals surface area contributed by atoms with E-state index in [9.17, 15) is 0 Å². The van der Waals surface area contributed by atoms with Crippen LogP contribution < -0.4 is 0 Å². The molecule has 0 saturated heterocycles. The van der Waals surface area contributed by atoms with Gasteiger partial charge in [0.2, 0.25) is 0 Å². The van der Waals surface area contributed by atoms with E-state index >= 15 is 0 Å². The van der Waals surface area contributed by atoms with E-state index in [1.54, 1.807) is 0 Å². The van der Waals surface area contributed by atoms with Crippen molar-refractivity contribution in [3.63, 3.8) is 0 Å². The van der Waals surface area contributed by atoms with Crippen molar-refractivity contribution < 1.29 is 4.74 Å². The first kappa shape index (κ1) is 8.54. The largest absolute Gasteiger partial charge is 0.372 e. The van der Waals surface area contributed by atoms with Crippen LogP contribution in [0.3, 0.4) is 0 Å². The minimum atomic E-state index is 0.814. The third kappa shape index (κ3) is 2.19. The molecule has 0 spiro atoms. The summed E-state index contributed by atoms with van der Waals surface area (Å²) >= 11 is 0. The van der Waals surface area contributed by atoms with Gasteiger partial charge in [0, 0.05) is 0 Å². The number of hydrogen-bond donors (Lipinski definition) is 0. The van der Waals surface area contributed by atoms with Gasteiger partial charge in [-0.1, -0.05) is 18.6 Å². The van der Waals surface area contributed by atoms with Crippen LogP contribution in [0.25, 0.3) is 0 Å². The zero-order valence-corrected chi connectivity index (χ0v) is 7.61. The Labute approximate surface area is 68.8 Å². The molecule has 0 aromatic heterocycles. The molecule has 1 aliphatic rings. The van der Waals surface area contributed by atoms with Gasteiger partial charge in [0.25, 0.3) is 0 Å². The van der Waals surface area contributed by atoms with Gasteiger partial charge in [0.15, 0.2) is 0 Å². The Balaban J connectivity index is 2.75. The van der Waals surface area contributed by atoms with E-state index in [4.69, 9.17) is 4.74 Å². The second-order valence-electron chi connectivity index (χ2n) is 3.20. The van der Waals surface area contributed by atoms with Gasteiger partial charge in [0.1, 0.15) is 0 Å². The Morgan fingerprint density at radius 2 is 2.18 bits per heavy atom. The van der Waals surface area contributed by atoms with E-state index in [0.717, 1.165) is 19.6 Å². The first-order valence-electron chi connectivity index (χ1n) is 4.17. The standard InChI is InChI=1S/C10H16O/c1-4-9-6-11-7-10(9)5-8(2)3/h5H,4,6-7H2,1-3H3. The fourth-order valence-corrected chi connectivity index (χ4v) is 1.30. The highest BCUT2D eigenvalue weighted by Crippen LogP contribution is 2.19. The molecule has 1 nitrogen and oxygen atoms in total. The average Bonchev–Trinajstić information content (AvgIpc) is 2.34. The van der Waals surface area contributed by atoms with Gasteiger partial charge in [-0.2, -0.15) is 0 Å². The van der Waals surface area contributed by atoms with Crippen molar-refractivity contribution in [1.29, 1.82) is 0 Å². The summed E-state index contributed by atoms with van der Waals surface area (Å²) in [7, 11) is 0. The quantitative estimate of drug-likeness (QED) is 0.591. The third-order valence-corrected chi connectivity index (χ3v) is 1.88. The highest BCUT2D eigenvalue weighted by Gasteiger charge is 2.10. The lowest BCUT2D eigenvalue weighted by atomic mass is 10.1. The second-order valence-corrected chi connectivity index (χ2v) is 3.20. The molecule has 0 aromatic rings. The summed E-state index contributed by atoms with van der Waals surface area (Å²) in [5.74, 6) is 0. The SMILES string of the molecule is CCC1=C(C=C(C)C)COC1. The van der Waals surface area contributed by atoms with Gasteiger partial charge >= 0.3 is 0 Å². The summed E-state index contributed by atoms with van der Waals surface area (Å²) in [5, 5.41) is 0. The van der Waals surface area contributed by atoms with E-state index in [-0.39, 0.29) is 0 Å². The van der Waals surface area contributed by atoms with Crippen molar-refractivity contribution in [2.24, 2.45) is 0 Å². The summed E-state index contributed by atoms with van der Waals surface area (Å²) in [6.07, 6.45) is 3.35. The van der Waals surface area contributed by atoms with Crippen LogP contribution in [0.15, 0.2) is 22.8 Å². The monoisotopic (exact) mass is 152 g/mol. The molecule has 0 N–H and O–H groups in total. The zero-order chi connectivity index (χ0) is 8.27. The van der Waals surface area contributed by atoms with Crippen molar-refractivity contribution in [2.45, 2.75) is 27.2 Å². The lowest BCUT2D eigenvalue weighted by molar-refractivity contribution is 0.204. The fraction of sp³-hybridized carbons (Fsp3) is 0.600. The molecule has 0 atom stereocenters. The Hall–Kier alpha value is -0.560. The molecule has 1 aliphatic heterocycles. The van der Waals surface area contributed by atoms with E-state index in [1.165, 1.54) is 16.7 Å². The molecular weight excluding hydrogens is 136 g/mol. The molecule has 1 heteroatoms. The molecule has 11 heavy (non-hydrogen) atoms. The van der Waals surface area contributed by atoms with Crippen molar-refractivity contribution in [2.75, 3.05) is 13.2 Å². The van der Waals surface area contributed by atoms with E-state index in [2.05, 4.69) is 26.8 Å². The van der Waals surface area contributed by atoms with Gasteiger partial charge in [-0.15, -0.1) is 0 Å². The minimum Gasteiger partial charge on any atom is -0.372 e. The highest BCUT2D eigenvalue weighted by molar-refractivity contribution is 5.31. The predicted molar refractivity (Wildman–Crippen MR) is 47.6 cm³/mol. The molecule has 0 bridgehead atoms. The number of ether oxygens (including phenoxy) is 1. The van der Waals surface area contributed by atoms with Crippen LogP contribution in [0.2, 0.25) is 0 Å². The smallest absolute Gasteiger partial charge is 0.0721 e. The van der Waals surface area contributed by atoms with Crippen LogP contribution in [0, 0.1) is 0 Å². The average molecular weight is 152 g/mol. The second kappa shape index (κ2) is 3.72. The molecule has 0 aliphatic carbocycles. The Kier molecular flexibility index (Phi) is 2.89. The fourth-order valence-electron chi connectivity index (χ4n) is 1.30. The molecule has 0 aromatic carbocycles. The van der Waals surface area contributed by atoms with E-state index < -0.39 is 0 Å². The maximum absolute atomic E-state index is 5.34. The summed E-state index contributed by atoms with van der Waals surface area (Å²) in [4.78, 5) is 0. The number of allylic oxidation sites excluding steroid dienone is 1. The maximum atomic E-state index is 5.34. The molecule has 1 rings (SSSR count). The first-order valence-corrected chi connectivity index (χ1v) is 4.17. The highest BCUT2D eigenvalue weighted by atomic mass is 16.5. The topological polar surface area (TPSA) is 9.23 Å². The van der Waals surface area contributed by atoms with Crippen molar-refractivity contribution in [3.05, 3.63) is 22.8 Å². The summed E-state index contributed by atoms with van der Waals surface area (Å²) in [5.41, 5.74) is 4.22. The lowest BCUT2D eigenvalue weighted by Gasteiger charge is -1.96. The molecule has 0 radical (unpaired) electrons. The lowest BCUT2D eigenvalue weighted by Crippen LogP contribution is -1.84. The van der Waals surface area contributed by atoms with Crippen LogP contribution in [-0.4, -0.2) is 13.2 Å². The van der Waals surface area contributed by atoms with Gasteiger partial charge in [-0.05, 0) is 31.4 Å². The summed E-state index contributed by atoms with van der Waals surface area (Å²) in [6.45, 7) is 8.09. The molecular formula is C10H16O. The number of hydrogen-bond acceptors (Lipinski definition) is 1. The van der Waals surface area contributed by atoms with Crippen molar-refractivity contribution >= 4 is 0 Å². The van der Waals surface area contributed by atoms with E-state index in [0.29, 0.717) is 0 Å².